The molecule has 2 aromatic rings. The standard InChI is InChI=1S/C10H13N7O/c1-11-10-16-8-7(13-4-14-8)9(17-10)15-5-2-6(18)12-3-5/h4-5H,2-3H2,1H3,(H,12,18)(H3,11,13,14,15,16,17). The molecule has 3 heterocycles. The number of aromatic amines is 1. The molecule has 1 aliphatic rings. The average Bonchev–Trinajstić information content (AvgIpc) is 2.98. The summed E-state index contributed by atoms with van der Waals surface area (Å²) in [4.78, 5) is 26.8. The fourth-order valence-electron chi connectivity index (χ4n) is 1.95. The summed E-state index contributed by atoms with van der Waals surface area (Å²) in [6.07, 6.45) is 2.02. The molecule has 8 heteroatoms. The minimum Gasteiger partial charge on any atom is -0.363 e. The smallest absolute Gasteiger partial charge is 0.226 e. The zero-order valence-corrected chi connectivity index (χ0v) is 9.82. The van der Waals surface area contributed by atoms with Gasteiger partial charge in [0.25, 0.3) is 0 Å². The van der Waals surface area contributed by atoms with Crippen LogP contribution in [0.4, 0.5) is 11.8 Å². The maximum Gasteiger partial charge on any atom is 0.226 e. The fraction of sp³-hybridized carbons (Fsp3) is 0.400. The van der Waals surface area contributed by atoms with Crippen molar-refractivity contribution >= 4 is 28.8 Å². The number of nitrogens with zero attached hydrogens (tertiary/aromatic N) is 3. The van der Waals surface area contributed by atoms with Gasteiger partial charge in [0.1, 0.15) is 5.52 Å². The van der Waals surface area contributed by atoms with Crippen LogP contribution in [0.1, 0.15) is 6.42 Å². The summed E-state index contributed by atoms with van der Waals surface area (Å²) in [7, 11) is 1.75. The van der Waals surface area contributed by atoms with E-state index in [4.69, 9.17) is 0 Å². The van der Waals surface area contributed by atoms with Gasteiger partial charge in [-0.05, 0) is 0 Å². The highest BCUT2D eigenvalue weighted by Gasteiger charge is 2.22. The normalized spacial score (nSPS) is 18.9. The summed E-state index contributed by atoms with van der Waals surface area (Å²) in [5.74, 6) is 1.20. The van der Waals surface area contributed by atoms with Gasteiger partial charge in [0.15, 0.2) is 11.5 Å². The minimum absolute atomic E-state index is 0.0450. The molecule has 0 bridgehead atoms. The number of hydrogen-bond donors (Lipinski definition) is 4. The van der Waals surface area contributed by atoms with Crippen LogP contribution in [0.15, 0.2) is 6.33 Å². The van der Waals surface area contributed by atoms with E-state index in [0.29, 0.717) is 30.4 Å². The molecule has 2 aromatic heterocycles. The van der Waals surface area contributed by atoms with Crippen molar-refractivity contribution in [2.24, 2.45) is 0 Å². The molecule has 0 spiro atoms. The van der Waals surface area contributed by atoms with E-state index in [1.54, 1.807) is 13.4 Å². The molecule has 3 rings (SSSR count). The summed E-state index contributed by atoms with van der Waals surface area (Å²) >= 11 is 0. The van der Waals surface area contributed by atoms with E-state index in [0.717, 1.165) is 5.52 Å². The van der Waals surface area contributed by atoms with Crippen LogP contribution in [0, 0.1) is 0 Å². The number of carbonyl (C=O) groups excluding carboxylic acids is 1. The molecule has 0 saturated carbocycles. The van der Waals surface area contributed by atoms with E-state index in [9.17, 15) is 4.79 Å². The number of carbonyl (C=O) groups is 1. The van der Waals surface area contributed by atoms with Crippen molar-refractivity contribution in [1.82, 2.24) is 25.3 Å². The van der Waals surface area contributed by atoms with Crippen LogP contribution in [0.2, 0.25) is 0 Å². The molecule has 18 heavy (non-hydrogen) atoms. The monoisotopic (exact) mass is 247 g/mol. The first-order valence-corrected chi connectivity index (χ1v) is 5.68. The molecule has 1 unspecified atom stereocenters. The zero-order chi connectivity index (χ0) is 12.5. The largest absolute Gasteiger partial charge is 0.363 e. The molecule has 4 N–H and O–H groups in total. The van der Waals surface area contributed by atoms with Crippen LogP contribution in [-0.2, 0) is 4.79 Å². The summed E-state index contributed by atoms with van der Waals surface area (Å²) in [6, 6.07) is 0.0450. The van der Waals surface area contributed by atoms with Gasteiger partial charge >= 0.3 is 0 Å². The average molecular weight is 247 g/mol. The fourth-order valence-corrected chi connectivity index (χ4v) is 1.95. The lowest BCUT2D eigenvalue weighted by atomic mass is 10.2. The molecular formula is C10H13N7O. The van der Waals surface area contributed by atoms with E-state index < -0.39 is 0 Å². The molecule has 1 amide bonds. The number of rotatable bonds is 3. The first-order valence-electron chi connectivity index (χ1n) is 5.68. The highest BCUT2D eigenvalue weighted by molar-refractivity contribution is 5.85. The van der Waals surface area contributed by atoms with Crippen molar-refractivity contribution in [2.45, 2.75) is 12.5 Å². The van der Waals surface area contributed by atoms with Gasteiger partial charge in [-0.25, -0.2) is 4.98 Å². The van der Waals surface area contributed by atoms with Crippen LogP contribution >= 0.6 is 0 Å². The second-order valence-corrected chi connectivity index (χ2v) is 4.10. The van der Waals surface area contributed by atoms with E-state index in [1.807, 2.05) is 0 Å². The van der Waals surface area contributed by atoms with E-state index >= 15 is 0 Å². The van der Waals surface area contributed by atoms with Crippen molar-refractivity contribution in [3.63, 3.8) is 0 Å². The van der Waals surface area contributed by atoms with Crippen LogP contribution in [0.5, 0.6) is 0 Å². The maximum absolute atomic E-state index is 11.2. The Labute approximate surface area is 103 Å². The van der Waals surface area contributed by atoms with Crippen LogP contribution < -0.4 is 16.0 Å². The number of aromatic nitrogens is 4. The van der Waals surface area contributed by atoms with Gasteiger partial charge in [0.2, 0.25) is 11.9 Å². The summed E-state index contributed by atoms with van der Waals surface area (Å²) < 4.78 is 0. The Morgan fingerprint density at radius 1 is 1.44 bits per heavy atom. The number of fused-ring (bicyclic) bond motifs is 1. The van der Waals surface area contributed by atoms with E-state index in [2.05, 4.69) is 35.9 Å². The molecule has 0 aliphatic carbocycles. The highest BCUT2D eigenvalue weighted by atomic mass is 16.1. The van der Waals surface area contributed by atoms with Gasteiger partial charge in [0, 0.05) is 20.0 Å². The first-order chi connectivity index (χ1) is 8.76. The maximum atomic E-state index is 11.2. The Morgan fingerprint density at radius 3 is 3.06 bits per heavy atom. The second kappa shape index (κ2) is 4.13. The molecule has 0 aromatic carbocycles. The number of H-pyrrole nitrogens is 1. The predicted octanol–water partition coefficient (Wildman–Crippen LogP) is -0.305. The topological polar surface area (TPSA) is 108 Å². The minimum atomic E-state index is 0.0450. The Hall–Kier alpha value is -2.38. The molecular weight excluding hydrogens is 234 g/mol. The molecule has 1 aliphatic heterocycles. The summed E-state index contributed by atoms with van der Waals surface area (Å²) in [5.41, 5.74) is 1.34. The van der Waals surface area contributed by atoms with Gasteiger partial charge in [-0.1, -0.05) is 0 Å². The van der Waals surface area contributed by atoms with Crippen LogP contribution in [0.3, 0.4) is 0 Å². The van der Waals surface area contributed by atoms with Crippen molar-refractivity contribution in [3.05, 3.63) is 6.33 Å². The summed E-state index contributed by atoms with van der Waals surface area (Å²) in [5, 5.41) is 8.89. The molecule has 1 atom stereocenters. The van der Waals surface area contributed by atoms with Gasteiger partial charge in [-0.2, -0.15) is 9.97 Å². The third-order valence-corrected chi connectivity index (χ3v) is 2.83. The van der Waals surface area contributed by atoms with Gasteiger partial charge < -0.3 is 20.9 Å². The Kier molecular flexibility index (Phi) is 2.47. The van der Waals surface area contributed by atoms with E-state index in [-0.39, 0.29) is 11.9 Å². The van der Waals surface area contributed by atoms with Crippen LogP contribution in [-0.4, -0.2) is 45.5 Å². The quantitative estimate of drug-likeness (QED) is 0.593. The second-order valence-electron chi connectivity index (χ2n) is 4.10. The Balaban J connectivity index is 1.94. The zero-order valence-electron chi connectivity index (χ0n) is 9.82. The van der Waals surface area contributed by atoms with Gasteiger partial charge in [-0.15, -0.1) is 0 Å². The summed E-state index contributed by atoms with van der Waals surface area (Å²) in [6.45, 7) is 0.605. The van der Waals surface area contributed by atoms with Crippen molar-refractivity contribution in [1.29, 1.82) is 0 Å². The number of imidazole rings is 1. The van der Waals surface area contributed by atoms with Crippen molar-refractivity contribution in [3.8, 4) is 0 Å². The molecule has 94 valence electrons. The molecule has 8 nitrogen and oxygen atoms in total. The third-order valence-electron chi connectivity index (χ3n) is 2.83. The molecule has 1 fully saturated rings. The number of anilines is 2. The Bertz CT molecular complexity index is 593. The number of hydrogen-bond acceptors (Lipinski definition) is 6. The number of amides is 1. The first kappa shape index (κ1) is 10.8. The van der Waals surface area contributed by atoms with Crippen molar-refractivity contribution in [2.75, 3.05) is 24.2 Å². The lowest BCUT2D eigenvalue weighted by Gasteiger charge is -2.12. The predicted molar refractivity (Wildman–Crippen MR) is 66.3 cm³/mol. The van der Waals surface area contributed by atoms with Crippen LogP contribution in [0.25, 0.3) is 11.2 Å². The Morgan fingerprint density at radius 2 is 2.33 bits per heavy atom. The van der Waals surface area contributed by atoms with Gasteiger partial charge in [0.05, 0.1) is 12.4 Å². The lowest BCUT2D eigenvalue weighted by molar-refractivity contribution is -0.119. The van der Waals surface area contributed by atoms with Gasteiger partial charge in [-0.3, -0.25) is 4.79 Å². The number of nitrogens with one attached hydrogen (secondary N) is 4. The third kappa shape index (κ3) is 1.81. The SMILES string of the molecule is CNc1nc(NC2CNC(=O)C2)c2[nH]cnc2n1. The lowest BCUT2D eigenvalue weighted by Crippen LogP contribution is -2.23. The van der Waals surface area contributed by atoms with E-state index in [1.165, 1.54) is 0 Å². The molecule has 1 saturated heterocycles. The van der Waals surface area contributed by atoms with Crippen molar-refractivity contribution < 1.29 is 4.79 Å². The highest BCUT2D eigenvalue weighted by Crippen LogP contribution is 2.20. The molecule has 0 radical (unpaired) electrons.